The Morgan fingerprint density at radius 3 is 2.42 bits per heavy atom. The van der Waals surface area contributed by atoms with Gasteiger partial charge in [-0.05, 0) is 73.9 Å². The van der Waals surface area contributed by atoms with E-state index < -0.39 is 35.3 Å². The molecule has 0 bridgehead atoms. The number of carbonyl (C=O) groups excluding carboxylic acids is 2. The van der Waals surface area contributed by atoms with Gasteiger partial charge in [-0.25, -0.2) is 14.8 Å². The number of nitrogens with zero attached hydrogens (tertiary/aromatic N) is 5. The summed E-state index contributed by atoms with van der Waals surface area (Å²) in [5.41, 5.74) is 0.496. The zero-order valence-electron chi connectivity index (χ0n) is 26.7. The second kappa shape index (κ2) is 13.2. The number of benzene rings is 3. The molecule has 3 aromatic carbocycles. The predicted octanol–water partition coefficient (Wildman–Crippen LogP) is 6.39. The molecule has 10 nitrogen and oxygen atoms in total. The van der Waals surface area contributed by atoms with Crippen molar-refractivity contribution in [3.05, 3.63) is 128 Å². The molecule has 14 heteroatoms. The van der Waals surface area contributed by atoms with E-state index in [1.54, 1.807) is 49.6 Å². The molecule has 1 atom stereocenters. The molecule has 2 amide bonds. The monoisotopic (exact) mass is 746 g/mol. The molecule has 7 rings (SSSR count). The fourth-order valence-electron chi connectivity index (χ4n) is 6.04. The number of halogens is 4. The molecule has 2 aromatic heterocycles. The largest absolute Gasteiger partial charge is 0.490 e. The molecule has 2 aliphatic rings. The minimum Gasteiger partial charge on any atom is -0.490 e. The first-order chi connectivity index (χ1) is 24.0. The van der Waals surface area contributed by atoms with Crippen molar-refractivity contribution in [1.82, 2.24) is 29.3 Å². The third-order valence-electron chi connectivity index (χ3n) is 8.72. The number of fused-ring (bicyclic) bond motifs is 1. The lowest BCUT2D eigenvalue weighted by Gasteiger charge is -2.34. The normalized spacial score (nSPS) is 15.8. The van der Waals surface area contributed by atoms with Crippen LogP contribution in [-0.2, 0) is 25.8 Å². The maximum atomic E-state index is 14.2. The highest BCUT2D eigenvalue weighted by atomic mass is 79.9. The summed E-state index contributed by atoms with van der Waals surface area (Å²) in [5.74, 6) is -0.125. The Labute approximate surface area is 292 Å². The van der Waals surface area contributed by atoms with Gasteiger partial charge in [-0.15, -0.1) is 0 Å². The molecule has 0 unspecified atom stereocenters. The number of aromatic nitrogens is 4. The Morgan fingerprint density at radius 1 is 1.00 bits per heavy atom. The molecule has 256 valence electrons. The average Bonchev–Trinajstić information content (AvgIpc) is 3.89. The quantitative estimate of drug-likeness (QED) is 0.197. The van der Waals surface area contributed by atoms with Crippen LogP contribution >= 0.6 is 15.9 Å². The van der Waals surface area contributed by atoms with E-state index in [-0.39, 0.29) is 47.2 Å². The van der Waals surface area contributed by atoms with Crippen LogP contribution in [0, 0.1) is 0 Å². The lowest BCUT2D eigenvalue weighted by Crippen LogP contribution is -2.47. The number of amides is 2. The molecule has 1 fully saturated rings. The zero-order chi connectivity index (χ0) is 35.2. The summed E-state index contributed by atoms with van der Waals surface area (Å²) in [4.78, 5) is 52.1. The summed E-state index contributed by atoms with van der Waals surface area (Å²) in [6.45, 7) is 1.60. The third-order valence-corrected chi connectivity index (χ3v) is 9.42. The Bertz CT molecular complexity index is 2150. The van der Waals surface area contributed by atoms with Gasteiger partial charge < -0.3 is 15.0 Å². The molecular formula is C36H30BrF3N6O4. The van der Waals surface area contributed by atoms with Gasteiger partial charge in [0.15, 0.2) is 5.82 Å². The highest BCUT2D eigenvalue weighted by Gasteiger charge is 2.37. The van der Waals surface area contributed by atoms with Gasteiger partial charge in [-0.2, -0.15) is 13.2 Å². The van der Waals surface area contributed by atoms with Crippen LogP contribution in [0.3, 0.4) is 0 Å². The summed E-state index contributed by atoms with van der Waals surface area (Å²) < 4.78 is 49.6. The van der Waals surface area contributed by atoms with E-state index in [0.717, 1.165) is 24.5 Å². The molecule has 3 heterocycles. The summed E-state index contributed by atoms with van der Waals surface area (Å²) in [6.07, 6.45) is 0.675. The van der Waals surface area contributed by atoms with Crippen molar-refractivity contribution in [2.75, 3.05) is 0 Å². The number of alkyl halides is 3. The van der Waals surface area contributed by atoms with Crippen molar-refractivity contribution < 1.29 is 27.5 Å². The maximum Gasteiger partial charge on any atom is 0.417 e. The van der Waals surface area contributed by atoms with Gasteiger partial charge in [0.2, 0.25) is 0 Å². The molecule has 1 N–H and O–H groups in total. The van der Waals surface area contributed by atoms with Crippen molar-refractivity contribution >= 4 is 27.7 Å². The second-order valence-corrected chi connectivity index (χ2v) is 13.1. The first kappa shape index (κ1) is 33.3. The smallest absolute Gasteiger partial charge is 0.417 e. The van der Waals surface area contributed by atoms with E-state index >= 15 is 0 Å². The predicted molar refractivity (Wildman–Crippen MR) is 181 cm³/mol. The molecule has 5 aromatic rings. The van der Waals surface area contributed by atoms with Gasteiger partial charge in [0.25, 0.3) is 11.8 Å². The first-order valence-electron chi connectivity index (χ1n) is 15.9. The summed E-state index contributed by atoms with van der Waals surface area (Å²) in [6, 6.07) is 18.6. The average molecular weight is 748 g/mol. The van der Waals surface area contributed by atoms with Crippen LogP contribution in [0.1, 0.15) is 57.4 Å². The van der Waals surface area contributed by atoms with E-state index in [2.05, 4.69) is 31.2 Å². The molecular weight excluding hydrogens is 717 g/mol. The molecule has 0 saturated heterocycles. The molecule has 0 spiro atoms. The van der Waals surface area contributed by atoms with Gasteiger partial charge in [-0.3, -0.25) is 18.7 Å². The van der Waals surface area contributed by atoms with Crippen molar-refractivity contribution in [2.45, 2.75) is 57.7 Å². The number of ether oxygens (including phenoxy) is 1. The molecule has 50 heavy (non-hydrogen) atoms. The van der Waals surface area contributed by atoms with Crippen LogP contribution in [-0.4, -0.2) is 48.0 Å². The number of rotatable bonds is 8. The Morgan fingerprint density at radius 2 is 1.72 bits per heavy atom. The summed E-state index contributed by atoms with van der Waals surface area (Å²) >= 11 is 2.93. The van der Waals surface area contributed by atoms with Crippen LogP contribution in [0.2, 0.25) is 0 Å². The fourth-order valence-corrected chi connectivity index (χ4v) is 6.52. The lowest BCUT2D eigenvalue weighted by molar-refractivity contribution is -0.138. The van der Waals surface area contributed by atoms with Crippen molar-refractivity contribution in [3.63, 3.8) is 0 Å². The second-order valence-electron chi connectivity index (χ2n) is 12.2. The van der Waals surface area contributed by atoms with Crippen LogP contribution < -0.4 is 15.7 Å². The summed E-state index contributed by atoms with van der Waals surface area (Å²) in [7, 11) is 0. The fraction of sp³-hybridized carbons (Fsp3) is 0.250. The minimum atomic E-state index is -4.68. The highest BCUT2D eigenvalue weighted by molar-refractivity contribution is 9.10. The van der Waals surface area contributed by atoms with Crippen LogP contribution in [0.4, 0.5) is 13.2 Å². The number of hydrogen-bond acceptors (Lipinski definition) is 6. The van der Waals surface area contributed by atoms with Crippen molar-refractivity contribution in [2.24, 2.45) is 0 Å². The standard InChI is InChI=1S/C36H30BrF3N6O4/c1-21-19-45-30(20-44(21)34(48)22-7-14-29(37)28(17-22)36(38,39)40)31(46(35(45)49)24-8-10-25(11-9-24)50-26-12-13-26)33(47)43-18-23-5-2-3-6-27(23)32-41-15-4-16-42-32/h2-11,14-17,21,26H,12-13,18-20H2,1H3,(H,43,47)/t21-/m0/s1. The zero-order valence-corrected chi connectivity index (χ0v) is 28.2. The number of imidazole rings is 1. The van der Waals surface area contributed by atoms with Gasteiger partial charge >= 0.3 is 11.9 Å². The number of nitrogens with one attached hydrogen (secondary N) is 1. The Kier molecular flexibility index (Phi) is 8.80. The number of hydrogen-bond donors (Lipinski definition) is 1. The number of carbonyl (C=O) groups is 2. The SMILES string of the molecule is C[C@H]1Cn2c(c(C(=O)NCc3ccccc3-c3ncccn3)n(-c3ccc(OC4CC4)cc3)c2=O)CN1C(=O)c1ccc(Br)c(C(F)(F)F)c1. The topological polar surface area (TPSA) is 111 Å². The molecule has 1 aliphatic carbocycles. The maximum absolute atomic E-state index is 14.2. The van der Waals surface area contributed by atoms with E-state index in [9.17, 15) is 27.6 Å². The van der Waals surface area contributed by atoms with Crippen LogP contribution in [0.25, 0.3) is 17.1 Å². The molecule has 1 saturated carbocycles. The van der Waals surface area contributed by atoms with Gasteiger partial charge in [0.1, 0.15) is 11.4 Å². The van der Waals surface area contributed by atoms with Crippen LogP contribution in [0.5, 0.6) is 5.75 Å². The molecule has 1 aliphatic heterocycles. The van der Waals surface area contributed by atoms with E-state index in [1.807, 2.05) is 24.3 Å². The van der Waals surface area contributed by atoms with Gasteiger partial charge in [0.05, 0.1) is 29.6 Å². The lowest BCUT2D eigenvalue weighted by atomic mass is 10.1. The van der Waals surface area contributed by atoms with Crippen molar-refractivity contribution in [1.29, 1.82) is 0 Å². The van der Waals surface area contributed by atoms with Crippen LogP contribution in [0.15, 0.2) is 94.5 Å². The van der Waals surface area contributed by atoms with Gasteiger partial charge in [0, 0.05) is 47.1 Å². The van der Waals surface area contributed by atoms with E-state index in [1.165, 1.54) is 26.2 Å². The third kappa shape index (κ3) is 6.54. The van der Waals surface area contributed by atoms with E-state index in [4.69, 9.17) is 4.74 Å². The minimum absolute atomic E-state index is 0.00999. The highest BCUT2D eigenvalue weighted by Crippen LogP contribution is 2.36. The van der Waals surface area contributed by atoms with Crippen molar-refractivity contribution in [3.8, 4) is 22.8 Å². The van der Waals surface area contributed by atoms with Gasteiger partial charge in [-0.1, -0.05) is 40.2 Å². The van der Waals surface area contributed by atoms with E-state index in [0.29, 0.717) is 22.8 Å². The molecule has 0 radical (unpaired) electrons. The Balaban J connectivity index is 1.26. The first-order valence-corrected chi connectivity index (χ1v) is 16.7. The Hall–Kier alpha value is -5.24. The summed E-state index contributed by atoms with van der Waals surface area (Å²) in [5, 5.41) is 2.94.